The van der Waals surface area contributed by atoms with E-state index in [1.54, 1.807) is 30.6 Å². The van der Waals surface area contributed by atoms with E-state index in [2.05, 4.69) is 30.3 Å². The number of amides is 1. The molecule has 2 aromatic heterocycles. The predicted molar refractivity (Wildman–Crippen MR) is 99.3 cm³/mol. The molecule has 2 N–H and O–H groups in total. The number of anilines is 2. The molecular formula is C19H17N5O3. The molecule has 0 unspecified atom stereocenters. The molecule has 1 amide bonds. The van der Waals surface area contributed by atoms with Gasteiger partial charge in [0.1, 0.15) is 11.5 Å². The van der Waals surface area contributed by atoms with Crippen LogP contribution in [0.15, 0.2) is 61.2 Å². The summed E-state index contributed by atoms with van der Waals surface area (Å²) in [4.78, 5) is 36.2. The molecule has 27 heavy (non-hydrogen) atoms. The molecule has 0 radical (unpaired) electrons. The summed E-state index contributed by atoms with van der Waals surface area (Å²) in [6, 6.07) is 10.2. The highest BCUT2D eigenvalue weighted by Crippen LogP contribution is 2.13. The van der Waals surface area contributed by atoms with E-state index >= 15 is 0 Å². The van der Waals surface area contributed by atoms with Crippen LogP contribution < -0.4 is 10.6 Å². The lowest BCUT2D eigenvalue weighted by Gasteiger charge is -2.08. The molecule has 0 atom stereocenters. The molecule has 3 rings (SSSR count). The van der Waals surface area contributed by atoms with Gasteiger partial charge in [-0.15, -0.1) is 0 Å². The number of carbonyl (C=O) groups excluding carboxylic acids is 2. The van der Waals surface area contributed by atoms with Crippen molar-refractivity contribution in [2.45, 2.75) is 6.54 Å². The fraction of sp³-hybridized carbons (Fsp3) is 0.105. The minimum atomic E-state index is -0.477. The van der Waals surface area contributed by atoms with Crippen molar-refractivity contribution in [3.05, 3.63) is 78.0 Å². The number of ether oxygens (including phenoxy) is 1. The first kappa shape index (κ1) is 18.0. The molecule has 0 aliphatic carbocycles. The van der Waals surface area contributed by atoms with E-state index in [4.69, 9.17) is 0 Å². The van der Waals surface area contributed by atoms with Crippen molar-refractivity contribution >= 4 is 23.4 Å². The average Bonchev–Trinajstić information content (AvgIpc) is 2.73. The zero-order chi connectivity index (χ0) is 19.1. The summed E-state index contributed by atoms with van der Waals surface area (Å²) < 4.78 is 4.66. The first-order chi connectivity index (χ1) is 13.2. The van der Waals surface area contributed by atoms with E-state index in [9.17, 15) is 9.59 Å². The molecular weight excluding hydrogens is 346 g/mol. The predicted octanol–water partition coefficient (Wildman–Crippen LogP) is 2.52. The smallest absolute Gasteiger partial charge is 0.337 e. The fourth-order valence-corrected chi connectivity index (χ4v) is 2.27. The number of benzene rings is 1. The van der Waals surface area contributed by atoms with E-state index in [1.165, 1.54) is 25.6 Å². The first-order valence-corrected chi connectivity index (χ1v) is 8.10. The molecule has 0 spiro atoms. The maximum Gasteiger partial charge on any atom is 0.337 e. The van der Waals surface area contributed by atoms with Crippen LogP contribution in [0.2, 0.25) is 0 Å². The minimum Gasteiger partial charge on any atom is -0.465 e. The van der Waals surface area contributed by atoms with Crippen LogP contribution in [0.25, 0.3) is 0 Å². The van der Waals surface area contributed by atoms with Gasteiger partial charge in [0.15, 0.2) is 0 Å². The number of rotatable bonds is 6. The molecule has 0 bridgehead atoms. The van der Waals surface area contributed by atoms with Gasteiger partial charge >= 0.3 is 5.97 Å². The molecule has 0 saturated heterocycles. The van der Waals surface area contributed by atoms with Crippen molar-refractivity contribution in [1.29, 1.82) is 0 Å². The number of methoxy groups -OCH3 is 1. The Balaban J connectivity index is 1.61. The Morgan fingerprint density at radius 1 is 1.07 bits per heavy atom. The van der Waals surface area contributed by atoms with Gasteiger partial charge in [0, 0.05) is 24.6 Å². The van der Waals surface area contributed by atoms with E-state index in [-0.39, 0.29) is 5.69 Å². The first-order valence-electron chi connectivity index (χ1n) is 8.10. The van der Waals surface area contributed by atoms with Crippen LogP contribution in [0.1, 0.15) is 26.4 Å². The highest BCUT2D eigenvalue weighted by atomic mass is 16.5. The lowest BCUT2D eigenvalue weighted by Crippen LogP contribution is -2.15. The van der Waals surface area contributed by atoms with Crippen molar-refractivity contribution < 1.29 is 14.3 Å². The molecule has 0 saturated carbocycles. The molecule has 0 aliphatic heterocycles. The molecule has 2 heterocycles. The van der Waals surface area contributed by atoms with E-state index in [0.717, 1.165) is 5.56 Å². The Hall–Kier alpha value is -3.81. The lowest BCUT2D eigenvalue weighted by molar-refractivity contribution is 0.0600. The van der Waals surface area contributed by atoms with Gasteiger partial charge in [0.25, 0.3) is 5.91 Å². The van der Waals surface area contributed by atoms with Gasteiger partial charge in [-0.1, -0.05) is 12.1 Å². The van der Waals surface area contributed by atoms with E-state index in [1.807, 2.05) is 12.1 Å². The zero-order valence-electron chi connectivity index (χ0n) is 14.5. The summed E-state index contributed by atoms with van der Waals surface area (Å²) in [6.07, 6.45) is 6.32. The number of esters is 1. The third kappa shape index (κ3) is 4.85. The average molecular weight is 363 g/mol. The topological polar surface area (TPSA) is 106 Å². The number of hydrogen-bond acceptors (Lipinski definition) is 7. The summed E-state index contributed by atoms with van der Waals surface area (Å²) >= 11 is 0. The highest BCUT2D eigenvalue weighted by Gasteiger charge is 2.11. The second kappa shape index (κ2) is 8.52. The van der Waals surface area contributed by atoms with Gasteiger partial charge in [-0.3, -0.25) is 9.78 Å². The largest absolute Gasteiger partial charge is 0.465 e. The van der Waals surface area contributed by atoms with E-state index < -0.39 is 11.9 Å². The van der Waals surface area contributed by atoms with Crippen molar-refractivity contribution in [3.8, 4) is 0 Å². The van der Waals surface area contributed by atoms with Gasteiger partial charge in [0.2, 0.25) is 0 Å². The Labute approximate surface area is 155 Å². The monoisotopic (exact) mass is 363 g/mol. The Morgan fingerprint density at radius 3 is 2.67 bits per heavy atom. The molecule has 8 heteroatoms. The van der Waals surface area contributed by atoms with Crippen LogP contribution in [0.4, 0.5) is 11.5 Å². The highest BCUT2D eigenvalue weighted by molar-refractivity contribution is 6.03. The van der Waals surface area contributed by atoms with Crippen molar-refractivity contribution in [2.75, 3.05) is 17.7 Å². The maximum atomic E-state index is 12.3. The fourth-order valence-electron chi connectivity index (χ4n) is 2.27. The molecule has 3 aromatic rings. The lowest BCUT2D eigenvalue weighted by atomic mass is 10.2. The maximum absolute atomic E-state index is 12.3. The number of hydrogen-bond donors (Lipinski definition) is 2. The van der Waals surface area contributed by atoms with Crippen molar-refractivity contribution in [1.82, 2.24) is 15.0 Å². The van der Waals surface area contributed by atoms with Gasteiger partial charge in [0.05, 0.1) is 25.1 Å². The normalized spacial score (nSPS) is 10.1. The Kier molecular flexibility index (Phi) is 5.68. The Bertz CT molecular complexity index is 930. The van der Waals surface area contributed by atoms with Crippen LogP contribution in [-0.2, 0) is 11.3 Å². The molecule has 0 fully saturated rings. The Morgan fingerprint density at radius 2 is 1.96 bits per heavy atom. The third-order valence-corrected chi connectivity index (χ3v) is 3.62. The summed E-state index contributed by atoms with van der Waals surface area (Å²) in [6.45, 7) is 0.550. The summed E-state index contributed by atoms with van der Waals surface area (Å²) in [5.74, 6) is -0.360. The van der Waals surface area contributed by atoms with Gasteiger partial charge in [-0.05, 0) is 29.8 Å². The molecule has 0 aliphatic rings. The standard InChI is InChI=1S/C19H17N5O3/c1-27-19(26)14-5-2-6-15(8-14)24-18(25)16-11-23-17(12-21-16)22-10-13-4-3-7-20-9-13/h2-9,11-12H,10H2,1H3,(H,22,23)(H,24,25). The number of pyridine rings is 1. The van der Waals surface area contributed by atoms with Crippen LogP contribution >= 0.6 is 0 Å². The van der Waals surface area contributed by atoms with Gasteiger partial charge < -0.3 is 15.4 Å². The molecule has 8 nitrogen and oxygen atoms in total. The third-order valence-electron chi connectivity index (χ3n) is 3.62. The van der Waals surface area contributed by atoms with Crippen LogP contribution in [-0.4, -0.2) is 33.9 Å². The second-order valence-corrected chi connectivity index (χ2v) is 5.53. The van der Waals surface area contributed by atoms with Gasteiger partial charge in [-0.25, -0.2) is 14.8 Å². The van der Waals surface area contributed by atoms with Crippen LogP contribution in [0.5, 0.6) is 0 Å². The SMILES string of the molecule is COC(=O)c1cccc(NC(=O)c2cnc(NCc3cccnc3)cn2)c1. The summed E-state index contributed by atoms with van der Waals surface area (Å²) in [5, 5.41) is 5.78. The van der Waals surface area contributed by atoms with Crippen LogP contribution in [0.3, 0.4) is 0 Å². The second-order valence-electron chi connectivity index (χ2n) is 5.53. The zero-order valence-corrected chi connectivity index (χ0v) is 14.5. The molecule has 1 aromatic carbocycles. The summed E-state index contributed by atoms with van der Waals surface area (Å²) in [5.41, 5.74) is 1.97. The van der Waals surface area contributed by atoms with Gasteiger partial charge in [-0.2, -0.15) is 0 Å². The number of carbonyl (C=O) groups is 2. The number of nitrogens with zero attached hydrogens (tertiary/aromatic N) is 3. The van der Waals surface area contributed by atoms with E-state index in [0.29, 0.717) is 23.6 Å². The van der Waals surface area contributed by atoms with Crippen LogP contribution in [0, 0.1) is 0 Å². The van der Waals surface area contributed by atoms with Crippen molar-refractivity contribution in [2.24, 2.45) is 0 Å². The summed E-state index contributed by atoms with van der Waals surface area (Å²) in [7, 11) is 1.30. The number of aromatic nitrogens is 3. The number of nitrogens with one attached hydrogen (secondary N) is 2. The molecule has 136 valence electrons. The van der Waals surface area contributed by atoms with Crippen molar-refractivity contribution in [3.63, 3.8) is 0 Å². The quantitative estimate of drug-likeness (QED) is 0.648. The minimum absolute atomic E-state index is 0.158.